The molecular formula is C11H24O2S. The van der Waals surface area contributed by atoms with E-state index in [-0.39, 0.29) is 11.5 Å². The second-order valence-electron chi connectivity index (χ2n) is 4.84. The first-order valence-electron chi connectivity index (χ1n) is 5.13. The van der Waals surface area contributed by atoms with Crippen molar-refractivity contribution in [3.05, 3.63) is 0 Å². The summed E-state index contributed by atoms with van der Waals surface area (Å²) in [6.45, 7) is 10.1. The van der Waals surface area contributed by atoms with E-state index < -0.39 is 0 Å². The summed E-state index contributed by atoms with van der Waals surface area (Å²) in [5.41, 5.74) is 0.258. The third-order valence-corrected chi connectivity index (χ3v) is 2.87. The molecule has 0 aromatic carbocycles. The first kappa shape index (κ1) is 14.3. The molecule has 0 fully saturated rings. The van der Waals surface area contributed by atoms with Gasteiger partial charge in [-0.25, -0.2) is 0 Å². The molecule has 0 bridgehead atoms. The van der Waals surface area contributed by atoms with Crippen molar-refractivity contribution in [3.63, 3.8) is 0 Å². The fourth-order valence-electron chi connectivity index (χ4n) is 1.14. The molecule has 0 spiro atoms. The van der Waals surface area contributed by atoms with Gasteiger partial charge in [0.1, 0.15) is 0 Å². The van der Waals surface area contributed by atoms with Gasteiger partial charge in [-0.15, -0.1) is 0 Å². The van der Waals surface area contributed by atoms with Crippen LogP contribution >= 0.6 is 12.6 Å². The Morgan fingerprint density at radius 2 is 1.79 bits per heavy atom. The average molecular weight is 220 g/mol. The standard InChI is InChI=1S/C11H24O2S/c1-9(6-12-5)13-7-10(8-14)11(2,3)4/h9-10,14H,6-8H2,1-5H3. The highest BCUT2D eigenvalue weighted by atomic mass is 32.1. The Bertz CT molecular complexity index is 143. The zero-order valence-corrected chi connectivity index (χ0v) is 10.9. The molecule has 2 unspecified atom stereocenters. The van der Waals surface area contributed by atoms with Crippen LogP contribution in [-0.2, 0) is 9.47 Å². The molecule has 0 radical (unpaired) electrons. The van der Waals surface area contributed by atoms with Crippen LogP contribution in [0.15, 0.2) is 0 Å². The summed E-state index contributed by atoms with van der Waals surface area (Å²) in [5, 5.41) is 0. The largest absolute Gasteiger partial charge is 0.382 e. The summed E-state index contributed by atoms with van der Waals surface area (Å²) < 4.78 is 10.7. The Hall–Kier alpha value is 0.270. The second-order valence-corrected chi connectivity index (χ2v) is 5.21. The summed E-state index contributed by atoms with van der Waals surface area (Å²) in [6, 6.07) is 0. The highest BCUT2D eigenvalue weighted by molar-refractivity contribution is 7.80. The number of ether oxygens (including phenoxy) is 2. The van der Waals surface area contributed by atoms with E-state index in [0.29, 0.717) is 12.5 Å². The van der Waals surface area contributed by atoms with Crippen LogP contribution in [0.5, 0.6) is 0 Å². The van der Waals surface area contributed by atoms with Crippen LogP contribution in [0.2, 0.25) is 0 Å². The van der Waals surface area contributed by atoms with Crippen molar-refractivity contribution < 1.29 is 9.47 Å². The first-order chi connectivity index (χ1) is 6.41. The van der Waals surface area contributed by atoms with Crippen molar-refractivity contribution >= 4 is 12.6 Å². The van der Waals surface area contributed by atoms with Crippen molar-refractivity contribution in [1.29, 1.82) is 0 Å². The molecule has 14 heavy (non-hydrogen) atoms. The maximum atomic E-state index is 5.69. The fourth-order valence-corrected chi connectivity index (χ4v) is 1.79. The van der Waals surface area contributed by atoms with E-state index in [9.17, 15) is 0 Å². The smallest absolute Gasteiger partial charge is 0.0780 e. The number of hydrogen-bond acceptors (Lipinski definition) is 3. The maximum absolute atomic E-state index is 5.69. The molecule has 0 N–H and O–H groups in total. The van der Waals surface area contributed by atoms with E-state index in [4.69, 9.17) is 9.47 Å². The lowest BCUT2D eigenvalue weighted by Gasteiger charge is -2.30. The van der Waals surface area contributed by atoms with Crippen LogP contribution in [0.1, 0.15) is 27.7 Å². The predicted octanol–water partition coefficient (Wildman–Crippen LogP) is 2.63. The third kappa shape index (κ3) is 5.89. The van der Waals surface area contributed by atoms with Gasteiger partial charge in [0.2, 0.25) is 0 Å². The van der Waals surface area contributed by atoms with E-state index in [1.165, 1.54) is 0 Å². The minimum absolute atomic E-state index is 0.171. The second kappa shape index (κ2) is 6.70. The normalized spacial score (nSPS) is 16.7. The number of methoxy groups -OCH3 is 1. The van der Waals surface area contributed by atoms with Gasteiger partial charge < -0.3 is 9.47 Å². The topological polar surface area (TPSA) is 18.5 Å². The van der Waals surface area contributed by atoms with Gasteiger partial charge in [0.05, 0.1) is 19.3 Å². The van der Waals surface area contributed by atoms with Crippen molar-refractivity contribution in [2.24, 2.45) is 11.3 Å². The molecule has 0 rings (SSSR count). The summed E-state index contributed by atoms with van der Waals surface area (Å²) in [5.74, 6) is 1.36. The first-order valence-corrected chi connectivity index (χ1v) is 5.76. The van der Waals surface area contributed by atoms with Crippen molar-refractivity contribution in [2.75, 3.05) is 26.1 Å². The molecule has 0 saturated carbocycles. The van der Waals surface area contributed by atoms with Gasteiger partial charge in [0.15, 0.2) is 0 Å². The van der Waals surface area contributed by atoms with E-state index in [1.807, 2.05) is 6.92 Å². The molecule has 0 aromatic heterocycles. The Kier molecular flexibility index (Phi) is 6.83. The monoisotopic (exact) mass is 220 g/mol. The lowest BCUT2D eigenvalue weighted by molar-refractivity contribution is -0.0193. The van der Waals surface area contributed by atoms with Crippen LogP contribution in [0.4, 0.5) is 0 Å². The van der Waals surface area contributed by atoms with Gasteiger partial charge in [-0.2, -0.15) is 12.6 Å². The maximum Gasteiger partial charge on any atom is 0.0780 e. The Labute approximate surface area is 93.8 Å². The van der Waals surface area contributed by atoms with Crippen LogP contribution in [-0.4, -0.2) is 32.2 Å². The van der Waals surface area contributed by atoms with Gasteiger partial charge in [-0.1, -0.05) is 20.8 Å². The van der Waals surface area contributed by atoms with E-state index in [1.54, 1.807) is 7.11 Å². The van der Waals surface area contributed by atoms with Crippen LogP contribution in [0.25, 0.3) is 0 Å². The minimum atomic E-state index is 0.171. The van der Waals surface area contributed by atoms with Gasteiger partial charge in [0.25, 0.3) is 0 Å². The molecule has 86 valence electrons. The Balaban J connectivity index is 3.84. The van der Waals surface area contributed by atoms with E-state index in [2.05, 4.69) is 33.4 Å². The minimum Gasteiger partial charge on any atom is -0.382 e. The van der Waals surface area contributed by atoms with E-state index in [0.717, 1.165) is 12.4 Å². The third-order valence-electron chi connectivity index (χ3n) is 2.43. The van der Waals surface area contributed by atoms with Gasteiger partial charge in [-0.05, 0) is 24.0 Å². The Morgan fingerprint density at radius 1 is 1.21 bits per heavy atom. The van der Waals surface area contributed by atoms with Gasteiger partial charge in [0, 0.05) is 7.11 Å². The summed E-state index contributed by atoms with van der Waals surface area (Å²) in [7, 11) is 1.69. The van der Waals surface area contributed by atoms with Crippen LogP contribution in [0.3, 0.4) is 0 Å². The molecule has 0 amide bonds. The molecule has 0 heterocycles. The van der Waals surface area contributed by atoms with Crippen molar-refractivity contribution in [3.8, 4) is 0 Å². The summed E-state index contributed by atoms with van der Waals surface area (Å²) >= 11 is 4.35. The molecule has 0 aliphatic carbocycles. The Morgan fingerprint density at radius 3 is 2.14 bits per heavy atom. The summed E-state index contributed by atoms with van der Waals surface area (Å²) in [6.07, 6.45) is 0.171. The highest BCUT2D eigenvalue weighted by Gasteiger charge is 2.23. The molecule has 0 saturated heterocycles. The molecule has 0 aromatic rings. The number of thiol groups is 1. The van der Waals surface area contributed by atoms with Gasteiger partial charge >= 0.3 is 0 Å². The SMILES string of the molecule is COCC(C)OCC(CS)C(C)(C)C. The van der Waals surface area contributed by atoms with Crippen LogP contribution in [0, 0.1) is 11.3 Å². The molecular weight excluding hydrogens is 196 g/mol. The van der Waals surface area contributed by atoms with Crippen LogP contribution < -0.4 is 0 Å². The van der Waals surface area contributed by atoms with Gasteiger partial charge in [-0.3, -0.25) is 0 Å². The van der Waals surface area contributed by atoms with E-state index >= 15 is 0 Å². The lowest BCUT2D eigenvalue weighted by atomic mass is 9.82. The molecule has 0 aliphatic rings. The van der Waals surface area contributed by atoms with Crippen molar-refractivity contribution in [2.45, 2.75) is 33.8 Å². The zero-order valence-electron chi connectivity index (χ0n) is 10.0. The average Bonchev–Trinajstić information content (AvgIpc) is 2.03. The number of hydrogen-bond donors (Lipinski definition) is 1. The summed E-state index contributed by atoms with van der Waals surface area (Å²) in [4.78, 5) is 0. The fraction of sp³-hybridized carbons (Fsp3) is 1.00. The molecule has 2 nitrogen and oxygen atoms in total. The molecule has 0 aliphatic heterocycles. The molecule has 3 heteroatoms. The lowest BCUT2D eigenvalue weighted by Crippen LogP contribution is -2.29. The molecule has 2 atom stereocenters. The predicted molar refractivity (Wildman–Crippen MR) is 64.1 cm³/mol. The highest BCUT2D eigenvalue weighted by Crippen LogP contribution is 2.27. The quantitative estimate of drug-likeness (QED) is 0.694. The van der Waals surface area contributed by atoms with Crippen molar-refractivity contribution in [1.82, 2.24) is 0 Å². The zero-order chi connectivity index (χ0) is 11.2. The number of rotatable bonds is 6.